The Morgan fingerprint density at radius 1 is 1.50 bits per heavy atom. The first-order chi connectivity index (χ1) is 10.5. The predicted molar refractivity (Wildman–Crippen MR) is 76.8 cm³/mol. The van der Waals surface area contributed by atoms with Crippen LogP contribution in [-0.2, 0) is 11.3 Å². The second-order valence-electron chi connectivity index (χ2n) is 5.66. The van der Waals surface area contributed by atoms with Gasteiger partial charge in [-0.05, 0) is 17.7 Å². The van der Waals surface area contributed by atoms with E-state index < -0.39 is 11.9 Å². The van der Waals surface area contributed by atoms with E-state index >= 15 is 0 Å². The van der Waals surface area contributed by atoms with Crippen molar-refractivity contribution < 1.29 is 18.7 Å². The largest absolute Gasteiger partial charge is 0.481 e. The molecule has 1 fully saturated rings. The number of halogens is 1. The zero-order valence-corrected chi connectivity index (χ0v) is 12.2. The summed E-state index contributed by atoms with van der Waals surface area (Å²) >= 11 is 0. The van der Waals surface area contributed by atoms with Gasteiger partial charge in [0.2, 0.25) is 0 Å². The summed E-state index contributed by atoms with van der Waals surface area (Å²) < 4.78 is 18.6. The Morgan fingerprint density at radius 3 is 2.95 bits per heavy atom. The van der Waals surface area contributed by atoms with Crippen LogP contribution in [0.1, 0.15) is 23.1 Å². The molecule has 6 heteroatoms. The summed E-state index contributed by atoms with van der Waals surface area (Å²) in [4.78, 5) is 17.8. The Morgan fingerprint density at radius 2 is 2.32 bits per heavy atom. The van der Waals surface area contributed by atoms with Gasteiger partial charge in [-0.15, -0.1) is 0 Å². The highest BCUT2D eigenvalue weighted by molar-refractivity contribution is 5.72. The molecule has 2 atom stereocenters. The van der Waals surface area contributed by atoms with Gasteiger partial charge in [0.1, 0.15) is 12.1 Å². The summed E-state index contributed by atoms with van der Waals surface area (Å²) in [7, 11) is 0. The minimum absolute atomic E-state index is 0.221. The number of carboxylic acid groups (broad SMARTS) is 1. The smallest absolute Gasteiger partial charge is 0.308 e. The summed E-state index contributed by atoms with van der Waals surface area (Å²) in [6, 6.07) is 6.19. The quantitative estimate of drug-likeness (QED) is 0.939. The van der Waals surface area contributed by atoms with Gasteiger partial charge in [0.25, 0.3) is 0 Å². The topological polar surface area (TPSA) is 66.6 Å². The van der Waals surface area contributed by atoms with Crippen molar-refractivity contribution in [2.45, 2.75) is 19.4 Å². The molecule has 1 N–H and O–H groups in total. The van der Waals surface area contributed by atoms with E-state index in [1.165, 1.54) is 12.1 Å². The normalized spacial score (nSPS) is 22.1. The lowest BCUT2D eigenvalue weighted by Crippen LogP contribution is -2.23. The van der Waals surface area contributed by atoms with E-state index in [-0.39, 0.29) is 11.7 Å². The molecule has 0 bridgehead atoms. The van der Waals surface area contributed by atoms with Gasteiger partial charge in [0, 0.05) is 32.5 Å². The van der Waals surface area contributed by atoms with E-state index in [1.54, 1.807) is 25.3 Å². The monoisotopic (exact) mass is 304 g/mol. The number of aliphatic carboxylic acids is 1. The molecule has 1 aliphatic heterocycles. The summed E-state index contributed by atoms with van der Waals surface area (Å²) in [6.45, 7) is 3.28. The van der Waals surface area contributed by atoms with E-state index in [0.717, 1.165) is 11.3 Å². The Balaban J connectivity index is 1.79. The summed E-state index contributed by atoms with van der Waals surface area (Å²) in [6.07, 6.45) is 1.58. The van der Waals surface area contributed by atoms with Gasteiger partial charge in [-0.2, -0.15) is 0 Å². The fourth-order valence-electron chi connectivity index (χ4n) is 3.05. The lowest BCUT2D eigenvalue weighted by atomic mass is 9.89. The molecule has 0 aliphatic carbocycles. The molecule has 3 rings (SSSR count). The fraction of sp³-hybridized carbons (Fsp3) is 0.375. The lowest BCUT2D eigenvalue weighted by Gasteiger charge is -2.15. The summed E-state index contributed by atoms with van der Waals surface area (Å²) in [5.41, 5.74) is 1.51. The Hall–Kier alpha value is -2.21. The first kappa shape index (κ1) is 14.7. The van der Waals surface area contributed by atoms with Crippen LogP contribution in [0.2, 0.25) is 0 Å². The molecule has 22 heavy (non-hydrogen) atoms. The third-order valence-electron chi connectivity index (χ3n) is 4.04. The molecular weight excluding hydrogens is 287 g/mol. The number of rotatable bonds is 4. The Kier molecular flexibility index (Phi) is 3.94. The molecule has 0 unspecified atom stereocenters. The molecule has 1 aromatic carbocycles. The van der Waals surface area contributed by atoms with Crippen molar-refractivity contribution in [2.24, 2.45) is 5.92 Å². The van der Waals surface area contributed by atoms with Crippen molar-refractivity contribution in [3.05, 3.63) is 53.5 Å². The summed E-state index contributed by atoms with van der Waals surface area (Å²) in [5.74, 6) is -1.37. The van der Waals surface area contributed by atoms with Crippen LogP contribution >= 0.6 is 0 Å². The van der Waals surface area contributed by atoms with Crippen molar-refractivity contribution in [3.63, 3.8) is 0 Å². The number of benzene rings is 1. The molecular formula is C16H17FN2O3. The molecule has 1 aromatic heterocycles. The first-order valence-corrected chi connectivity index (χ1v) is 7.14. The maximum atomic E-state index is 13.4. The van der Waals surface area contributed by atoms with E-state index in [0.29, 0.717) is 25.5 Å². The molecule has 1 saturated heterocycles. The van der Waals surface area contributed by atoms with E-state index in [9.17, 15) is 14.3 Å². The second-order valence-corrected chi connectivity index (χ2v) is 5.66. The Labute approximate surface area is 127 Å². The summed E-state index contributed by atoms with van der Waals surface area (Å²) in [5, 5.41) is 9.45. The number of hydrogen-bond donors (Lipinski definition) is 1. The van der Waals surface area contributed by atoms with E-state index in [1.807, 2.05) is 4.90 Å². The third kappa shape index (κ3) is 3.01. The van der Waals surface area contributed by atoms with Crippen LogP contribution < -0.4 is 0 Å². The van der Waals surface area contributed by atoms with Gasteiger partial charge >= 0.3 is 5.97 Å². The van der Waals surface area contributed by atoms with Crippen LogP contribution in [0.15, 0.2) is 34.9 Å². The maximum absolute atomic E-state index is 13.4. The van der Waals surface area contributed by atoms with Gasteiger partial charge in [-0.1, -0.05) is 12.1 Å². The molecule has 5 nitrogen and oxygen atoms in total. The van der Waals surface area contributed by atoms with E-state index in [4.69, 9.17) is 4.42 Å². The van der Waals surface area contributed by atoms with Crippen LogP contribution in [0.3, 0.4) is 0 Å². The number of hydrogen-bond acceptors (Lipinski definition) is 4. The number of oxazole rings is 1. The number of aromatic nitrogens is 1. The number of nitrogens with zero attached hydrogens (tertiary/aromatic N) is 2. The van der Waals surface area contributed by atoms with Gasteiger partial charge in [0.05, 0.1) is 11.6 Å². The van der Waals surface area contributed by atoms with Gasteiger partial charge in [-0.25, -0.2) is 9.37 Å². The second kappa shape index (κ2) is 5.88. The third-order valence-corrected chi connectivity index (χ3v) is 4.04. The van der Waals surface area contributed by atoms with Gasteiger partial charge in [-0.3, -0.25) is 9.69 Å². The lowest BCUT2D eigenvalue weighted by molar-refractivity contribution is -0.141. The highest BCUT2D eigenvalue weighted by atomic mass is 19.1. The molecule has 2 heterocycles. The van der Waals surface area contributed by atoms with Crippen molar-refractivity contribution in [2.75, 3.05) is 13.1 Å². The zero-order chi connectivity index (χ0) is 15.7. The van der Waals surface area contributed by atoms with Crippen LogP contribution in [0.25, 0.3) is 0 Å². The fourth-order valence-corrected chi connectivity index (χ4v) is 3.05. The number of likely N-dealkylation sites (tertiary alicyclic amines) is 1. The van der Waals surface area contributed by atoms with Crippen molar-refractivity contribution in [1.29, 1.82) is 0 Å². The Bertz CT molecular complexity index is 686. The van der Waals surface area contributed by atoms with Crippen molar-refractivity contribution in [3.8, 4) is 0 Å². The SMILES string of the molecule is Cc1nc(CN2C[C@H](C(=O)O)[C@@H](c3cccc(F)c3)C2)co1. The number of carbonyl (C=O) groups is 1. The highest BCUT2D eigenvalue weighted by Crippen LogP contribution is 2.33. The van der Waals surface area contributed by atoms with E-state index in [2.05, 4.69) is 4.98 Å². The van der Waals surface area contributed by atoms with Crippen molar-refractivity contribution >= 4 is 5.97 Å². The van der Waals surface area contributed by atoms with Crippen LogP contribution in [0, 0.1) is 18.7 Å². The molecule has 0 radical (unpaired) electrons. The van der Waals surface area contributed by atoms with Crippen molar-refractivity contribution in [1.82, 2.24) is 9.88 Å². The molecule has 2 aromatic rings. The van der Waals surface area contributed by atoms with Gasteiger partial charge < -0.3 is 9.52 Å². The molecule has 1 aliphatic rings. The zero-order valence-electron chi connectivity index (χ0n) is 12.2. The average Bonchev–Trinajstić information content (AvgIpc) is 3.06. The molecule has 0 spiro atoms. The van der Waals surface area contributed by atoms with Crippen LogP contribution in [-0.4, -0.2) is 34.0 Å². The van der Waals surface area contributed by atoms with Crippen LogP contribution in [0.5, 0.6) is 0 Å². The number of carboxylic acids is 1. The minimum Gasteiger partial charge on any atom is -0.481 e. The number of aryl methyl sites for hydroxylation is 1. The predicted octanol–water partition coefficient (Wildman–Crippen LogP) is 2.42. The molecule has 116 valence electrons. The highest BCUT2D eigenvalue weighted by Gasteiger charge is 2.38. The van der Waals surface area contributed by atoms with Gasteiger partial charge in [0.15, 0.2) is 5.89 Å². The average molecular weight is 304 g/mol. The molecule has 0 saturated carbocycles. The first-order valence-electron chi connectivity index (χ1n) is 7.14. The molecule has 0 amide bonds. The minimum atomic E-state index is -0.854. The van der Waals surface area contributed by atoms with Crippen LogP contribution in [0.4, 0.5) is 4.39 Å². The maximum Gasteiger partial charge on any atom is 0.308 e. The standard InChI is InChI=1S/C16H17FN2O3/c1-10-18-13(9-22-10)6-19-7-14(15(8-19)16(20)21)11-3-2-4-12(17)5-11/h2-5,9,14-15H,6-8H2,1H3,(H,20,21)/t14-,15+/m1/s1.